The summed E-state index contributed by atoms with van der Waals surface area (Å²) in [5.41, 5.74) is 0. The van der Waals surface area contributed by atoms with Crippen LogP contribution in [0.25, 0.3) is 0 Å². The highest BCUT2D eigenvalue weighted by Crippen LogP contribution is 2.15. The average Bonchev–Trinajstić information content (AvgIpc) is 2.64. The Labute approximate surface area is 160 Å². The van der Waals surface area contributed by atoms with Crippen LogP contribution in [0.15, 0.2) is 0 Å². The third kappa shape index (κ3) is 8.88. The minimum atomic E-state index is 0.686. The van der Waals surface area contributed by atoms with Gasteiger partial charge in [0, 0.05) is 38.3 Å². The molecule has 4 atom stereocenters. The van der Waals surface area contributed by atoms with Gasteiger partial charge in [0.1, 0.15) is 0 Å². The predicted molar refractivity (Wildman–Crippen MR) is 114 cm³/mol. The van der Waals surface area contributed by atoms with Gasteiger partial charge in [-0.15, -0.1) is 0 Å². The molecule has 0 radical (unpaired) electrons. The lowest BCUT2D eigenvalue weighted by atomic mass is 9.99. The molecule has 0 spiro atoms. The quantitative estimate of drug-likeness (QED) is 0.417. The van der Waals surface area contributed by atoms with E-state index in [1.54, 1.807) is 0 Å². The van der Waals surface area contributed by atoms with E-state index in [1.165, 1.54) is 39.0 Å². The zero-order valence-corrected chi connectivity index (χ0v) is 19.0. The molecular formula is C22H49N3. The van der Waals surface area contributed by atoms with E-state index in [-0.39, 0.29) is 0 Å². The Balaban J connectivity index is 4.49. The second-order valence-corrected chi connectivity index (χ2v) is 7.94. The molecule has 0 heterocycles. The van der Waals surface area contributed by atoms with Crippen molar-refractivity contribution < 1.29 is 0 Å². The summed E-state index contributed by atoms with van der Waals surface area (Å²) in [5, 5.41) is 0. The second-order valence-electron chi connectivity index (χ2n) is 7.94. The van der Waals surface area contributed by atoms with E-state index in [0.717, 1.165) is 31.5 Å². The molecule has 4 unspecified atom stereocenters. The zero-order valence-electron chi connectivity index (χ0n) is 19.0. The van der Waals surface area contributed by atoms with Crippen molar-refractivity contribution in [3.8, 4) is 0 Å². The van der Waals surface area contributed by atoms with Gasteiger partial charge in [-0.05, 0) is 45.3 Å². The second kappa shape index (κ2) is 14.0. The number of nitrogens with zero attached hydrogens (tertiary/aromatic N) is 3. The van der Waals surface area contributed by atoms with Crippen LogP contribution in [-0.4, -0.2) is 72.6 Å². The summed E-state index contributed by atoms with van der Waals surface area (Å²) >= 11 is 0. The van der Waals surface area contributed by atoms with Crippen molar-refractivity contribution in [1.29, 1.82) is 0 Å². The van der Waals surface area contributed by atoms with E-state index in [0.29, 0.717) is 12.1 Å². The first-order valence-corrected chi connectivity index (χ1v) is 11.1. The van der Waals surface area contributed by atoms with Gasteiger partial charge in [-0.25, -0.2) is 0 Å². The van der Waals surface area contributed by atoms with Crippen LogP contribution in [0.2, 0.25) is 0 Å². The molecule has 152 valence electrons. The molecule has 0 aliphatic heterocycles. The van der Waals surface area contributed by atoms with Crippen LogP contribution in [0.4, 0.5) is 0 Å². The molecule has 0 rings (SSSR count). The van der Waals surface area contributed by atoms with Gasteiger partial charge in [0.2, 0.25) is 0 Å². The maximum absolute atomic E-state index is 2.66. The highest BCUT2D eigenvalue weighted by atomic mass is 15.2. The minimum Gasteiger partial charge on any atom is -0.301 e. The summed E-state index contributed by atoms with van der Waals surface area (Å²) in [7, 11) is 0. The largest absolute Gasteiger partial charge is 0.301 e. The topological polar surface area (TPSA) is 9.72 Å². The Morgan fingerprint density at radius 2 is 0.880 bits per heavy atom. The van der Waals surface area contributed by atoms with Gasteiger partial charge >= 0.3 is 0 Å². The molecule has 0 amide bonds. The van der Waals surface area contributed by atoms with E-state index in [1.807, 2.05) is 0 Å². The molecule has 0 saturated carbocycles. The Bertz CT molecular complexity index is 280. The van der Waals surface area contributed by atoms with Gasteiger partial charge in [0.15, 0.2) is 0 Å². The monoisotopic (exact) mass is 355 g/mol. The first kappa shape index (κ1) is 24.9. The molecule has 0 aromatic carbocycles. The average molecular weight is 356 g/mol. The van der Waals surface area contributed by atoms with Crippen molar-refractivity contribution in [3.63, 3.8) is 0 Å². The van der Waals surface area contributed by atoms with Crippen molar-refractivity contribution >= 4 is 0 Å². The summed E-state index contributed by atoms with van der Waals surface area (Å²) in [5.74, 6) is 1.56. The van der Waals surface area contributed by atoms with E-state index in [2.05, 4.69) is 77.0 Å². The van der Waals surface area contributed by atoms with Crippen molar-refractivity contribution in [2.24, 2.45) is 11.8 Å². The first-order chi connectivity index (χ1) is 11.9. The summed E-state index contributed by atoms with van der Waals surface area (Å²) in [6, 6.07) is 1.37. The minimum absolute atomic E-state index is 0.686. The summed E-state index contributed by atoms with van der Waals surface area (Å²) in [6.45, 7) is 29.4. The van der Waals surface area contributed by atoms with Crippen LogP contribution in [0.1, 0.15) is 75.2 Å². The lowest BCUT2D eigenvalue weighted by Crippen LogP contribution is -2.45. The molecular weight excluding hydrogens is 306 g/mol. The Kier molecular flexibility index (Phi) is 13.9. The van der Waals surface area contributed by atoms with E-state index in [9.17, 15) is 0 Å². The number of likely N-dealkylation sites (N-methyl/N-ethyl adjacent to an activating group) is 3. The molecule has 0 aliphatic rings. The van der Waals surface area contributed by atoms with Gasteiger partial charge in [0.05, 0.1) is 0 Å². The van der Waals surface area contributed by atoms with E-state index in [4.69, 9.17) is 0 Å². The van der Waals surface area contributed by atoms with Crippen LogP contribution in [0.3, 0.4) is 0 Å². The van der Waals surface area contributed by atoms with Crippen LogP contribution in [0.5, 0.6) is 0 Å². The predicted octanol–water partition coefficient (Wildman–Crippen LogP) is 4.82. The number of rotatable bonds is 15. The molecule has 0 saturated heterocycles. The lowest BCUT2D eigenvalue weighted by molar-refractivity contribution is 0.119. The normalized spacial score (nSPS) is 17.3. The Morgan fingerprint density at radius 1 is 0.520 bits per heavy atom. The molecule has 0 aliphatic carbocycles. The fourth-order valence-corrected chi connectivity index (χ4v) is 3.67. The van der Waals surface area contributed by atoms with Crippen LogP contribution in [-0.2, 0) is 0 Å². The molecule has 3 heteroatoms. The molecule has 3 nitrogen and oxygen atoms in total. The van der Waals surface area contributed by atoms with Gasteiger partial charge in [-0.3, -0.25) is 9.80 Å². The maximum atomic E-state index is 2.66. The molecule has 0 aromatic rings. The fourth-order valence-electron chi connectivity index (χ4n) is 3.67. The highest BCUT2D eigenvalue weighted by Gasteiger charge is 2.20. The molecule has 25 heavy (non-hydrogen) atoms. The standard InChI is InChI=1S/C22H49N3/c1-10-19(6)21(8)24(13-4)17-15-23(12-3)16-18-25(14-5)22(9)20(7)11-2/h19-22H,10-18H2,1-9H3. The zero-order chi connectivity index (χ0) is 19.4. The fraction of sp³-hybridized carbons (Fsp3) is 1.00. The third-order valence-electron chi connectivity index (χ3n) is 6.75. The highest BCUT2D eigenvalue weighted by molar-refractivity contribution is 4.75. The van der Waals surface area contributed by atoms with E-state index >= 15 is 0 Å². The molecule has 0 fully saturated rings. The van der Waals surface area contributed by atoms with Crippen molar-refractivity contribution in [1.82, 2.24) is 14.7 Å². The SMILES string of the molecule is CCC(C)C(C)N(CC)CCN(CC)CCN(CC)C(C)C(C)CC. The van der Waals surface area contributed by atoms with Crippen LogP contribution >= 0.6 is 0 Å². The van der Waals surface area contributed by atoms with Gasteiger partial charge < -0.3 is 4.90 Å². The molecule has 0 N–H and O–H groups in total. The third-order valence-corrected chi connectivity index (χ3v) is 6.75. The summed E-state index contributed by atoms with van der Waals surface area (Å²) in [4.78, 5) is 7.96. The maximum Gasteiger partial charge on any atom is 0.0112 e. The summed E-state index contributed by atoms with van der Waals surface area (Å²) in [6.07, 6.45) is 2.54. The Morgan fingerprint density at radius 3 is 1.12 bits per heavy atom. The Hall–Kier alpha value is -0.120. The number of hydrogen-bond acceptors (Lipinski definition) is 3. The van der Waals surface area contributed by atoms with Crippen molar-refractivity contribution in [2.45, 2.75) is 87.2 Å². The summed E-state index contributed by atoms with van der Waals surface area (Å²) < 4.78 is 0. The van der Waals surface area contributed by atoms with Crippen LogP contribution < -0.4 is 0 Å². The molecule has 0 aromatic heterocycles. The lowest BCUT2D eigenvalue weighted by Gasteiger charge is -2.36. The van der Waals surface area contributed by atoms with Crippen LogP contribution in [0, 0.1) is 11.8 Å². The van der Waals surface area contributed by atoms with Gasteiger partial charge in [-0.2, -0.15) is 0 Å². The van der Waals surface area contributed by atoms with Gasteiger partial charge in [0.25, 0.3) is 0 Å². The smallest absolute Gasteiger partial charge is 0.0112 e. The number of hydrogen-bond donors (Lipinski definition) is 0. The first-order valence-electron chi connectivity index (χ1n) is 11.1. The van der Waals surface area contributed by atoms with Gasteiger partial charge in [-0.1, -0.05) is 61.3 Å². The van der Waals surface area contributed by atoms with Crippen molar-refractivity contribution in [3.05, 3.63) is 0 Å². The molecule has 0 bridgehead atoms. The van der Waals surface area contributed by atoms with E-state index < -0.39 is 0 Å². The van der Waals surface area contributed by atoms with Crippen molar-refractivity contribution in [2.75, 3.05) is 45.8 Å².